The number of rotatable bonds is 4. The first-order chi connectivity index (χ1) is 13.5. The van der Waals surface area contributed by atoms with Gasteiger partial charge in [-0.15, -0.1) is 0 Å². The van der Waals surface area contributed by atoms with Gasteiger partial charge in [-0.1, -0.05) is 55.5 Å². The Morgan fingerprint density at radius 3 is 2.18 bits per heavy atom. The van der Waals surface area contributed by atoms with Crippen molar-refractivity contribution in [1.29, 1.82) is 0 Å². The van der Waals surface area contributed by atoms with Gasteiger partial charge in [-0.2, -0.15) is 0 Å². The fraction of sp³-hybridized carbons (Fsp3) is 0.458. The van der Waals surface area contributed by atoms with Crippen LogP contribution in [0.4, 0.5) is 4.79 Å². The van der Waals surface area contributed by atoms with E-state index in [1.54, 1.807) is 7.05 Å². The highest BCUT2D eigenvalue weighted by molar-refractivity contribution is 5.79. The number of hydrogen-bond acceptors (Lipinski definition) is 3. The van der Waals surface area contributed by atoms with Gasteiger partial charge in [0.2, 0.25) is 0 Å². The van der Waals surface area contributed by atoms with Crippen molar-refractivity contribution < 1.29 is 14.6 Å². The topological polar surface area (TPSA) is 49.8 Å². The molecule has 1 fully saturated rings. The highest BCUT2D eigenvalue weighted by Crippen LogP contribution is 2.44. The van der Waals surface area contributed by atoms with E-state index in [1.807, 2.05) is 24.3 Å². The molecule has 0 spiro atoms. The predicted molar refractivity (Wildman–Crippen MR) is 110 cm³/mol. The molecule has 0 unspecified atom stereocenters. The maximum Gasteiger partial charge on any atom is 0.409 e. The predicted octanol–water partition coefficient (Wildman–Crippen LogP) is 4.81. The summed E-state index contributed by atoms with van der Waals surface area (Å²) in [4.78, 5) is 14.1. The largest absolute Gasteiger partial charge is 0.448 e. The van der Waals surface area contributed by atoms with Crippen molar-refractivity contribution in [2.24, 2.45) is 5.92 Å². The van der Waals surface area contributed by atoms with Gasteiger partial charge in [-0.05, 0) is 53.9 Å². The van der Waals surface area contributed by atoms with Crippen LogP contribution in [0.1, 0.15) is 49.7 Å². The Hall–Kier alpha value is -2.33. The van der Waals surface area contributed by atoms with E-state index >= 15 is 0 Å². The Bertz CT molecular complexity index is 809. The van der Waals surface area contributed by atoms with E-state index in [2.05, 4.69) is 31.2 Å². The molecule has 0 aliphatic heterocycles. The molecule has 1 amide bonds. The van der Waals surface area contributed by atoms with Crippen molar-refractivity contribution in [3.8, 4) is 11.1 Å². The third kappa shape index (κ3) is 3.66. The summed E-state index contributed by atoms with van der Waals surface area (Å²) in [5.41, 5.74) is 4.07. The lowest BCUT2D eigenvalue weighted by atomic mass is 9.79. The van der Waals surface area contributed by atoms with Crippen molar-refractivity contribution in [2.45, 2.75) is 44.1 Å². The molecule has 1 N–H and O–H groups in total. The third-order valence-corrected chi connectivity index (χ3v) is 6.38. The third-order valence-electron chi connectivity index (χ3n) is 6.38. The highest BCUT2D eigenvalue weighted by Gasteiger charge is 2.35. The molecule has 4 rings (SSSR count). The van der Waals surface area contributed by atoms with Gasteiger partial charge in [0.15, 0.2) is 0 Å². The average molecular weight is 380 g/mol. The van der Waals surface area contributed by atoms with Gasteiger partial charge in [-0.3, -0.25) is 0 Å². The first kappa shape index (κ1) is 19.0. The maximum absolute atomic E-state index is 12.6. The Morgan fingerprint density at radius 1 is 1.07 bits per heavy atom. The van der Waals surface area contributed by atoms with Crippen molar-refractivity contribution in [3.63, 3.8) is 0 Å². The Kier molecular flexibility index (Phi) is 5.15. The second kappa shape index (κ2) is 7.59. The summed E-state index contributed by atoms with van der Waals surface area (Å²) >= 11 is 0. The fourth-order valence-electron chi connectivity index (χ4n) is 4.67. The van der Waals surface area contributed by atoms with Gasteiger partial charge in [0.1, 0.15) is 6.61 Å². The summed E-state index contributed by atoms with van der Waals surface area (Å²) in [5.74, 6) is 0.711. The number of nitrogens with zero attached hydrogens (tertiary/aromatic N) is 1. The van der Waals surface area contributed by atoms with Gasteiger partial charge >= 0.3 is 6.09 Å². The number of benzene rings is 2. The molecule has 0 saturated heterocycles. The number of hydrogen-bond donors (Lipinski definition) is 1. The van der Waals surface area contributed by atoms with Gasteiger partial charge in [-0.25, -0.2) is 4.79 Å². The molecule has 4 nitrogen and oxygen atoms in total. The van der Waals surface area contributed by atoms with Crippen molar-refractivity contribution in [3.05, 3.63) is 59.7 Å². The Labute approximate surface area is 167 Å². The minimum Gasteiger partial charge on any atom is -0.448 e. The van der Waals surface area contributed by atoms with Crippen LogP contribution in [0, 0.1) is 5.92 Å². The number of aliphatic hydroxyl groups is 1. The number of ether oxygens (including phenoxy) is 1. The van der Waals surface area contributed by atoms with E-state index in [1.165, 1.54) is 27.2 Å². The summed E-state index contributed by atoms with van der Waals surface area (Å²) in [6, 6.07) is 16.6. The van der Waals surface area contributed by atoms with E-state index in [0.717, 1.165) is 25.7 Å². The number of amides is 1. The van der Waals surface area contributed by atoms with Crippen molar-refractivity contribution in [1.82, 2.24) is 4.90 Å². The molecular formula is C24H29NO3. The number of fused-ring (bicyclic) bond motifs is 3. The van der Waals surface area contributed by atoms with Gasteiger partial charge in [0.25, 0.3) is 0 Å². The first-order valence-corrected chi connectivity index (χ1v) is 10.3. The zero-order valence-corrected chi connectivity index (χ0v) is 16.7. The summed E-state index contributed by atoms with van der Waals surface area (Å²) in [7, 11) is 1.72. The second-order valence-corrected chi connectivity index (χ2v) is 8.57. The minimum atomic E-state index is -0.785. The summed E-state index contributed by atoms with van der Waals surface area (Å²) < 4.78 is 5.68. The minimum absolute atomic E-state index is 0.0587. The fourth-order valence-corrected chi connectivity index (χ4v) is 4.67. The molecule has 148 valence electrons. The molecule has 2 aliphatic carbocycles. The van der Waals surface area contributed by atoms with E-state index in [-0.39, 0.29) is 12.0 Å². The molecule has 0 radical (unpaired) electrons. The van der Waals surface area contributed by atoms with Crippen LogP contribution in [0.5, 0.6) is 0 Å². The zero-order valence-electron chi connectivity index (χ0n) is 16.7. The van der Waals surface area contributed by atoms with Crippen LogP contribution < -0.4 is 0 Å². The smallest absolute Gasteiger partial charge is 0.409 e. The molecule has 2 aromatic carbocycles. The lowest BCUT2D eigenvalue weighted by Gasteiger charge is -2.37. The van der Waals surface area contributed by atoms with Crippen LogP contribution in [-0.4, -0.2) is 41.9 Å². The van der Waals surface area contributed by atoms with Crippen molar-refractivity contribution >= 4 is 6.09 Å². The Morgan fingerprint density at radius 2 is 1.61 bits per heavy atom. The quantitative estimate of drug-likeness (QED) is 0.829. The molecule has 0 heterocycles. The van der Waals surface area contributed by atoms with Crippen LogP contribution >= 0.6 is 0 Å². The summed E-state index contributed by atoms with van der Waals surface area (Å²) in [6.07, 6.45) is 3.14. The molecule has 1 saturated carbocycles. The van der Waals surface area contributed by atoms with Crippen LogP contribution in [0.2, 0.25) is 0 Å². The van der Waals surface area contributed by atoms with Crippen LogP contribution in [0.25, 0.3) is 11.1 Å². The lowest BCUT2D eigenvalue weighted by Crippen LogP contribution is -2.46. The molecule has 0 aromatic heterocycles. The number of carbonyl (C=O) groups is 1. The average Bonchev–Trinajstić information content (AvgIpc) is 3.02. The highest BCUT2D eigenvalue weighted by atomic mass is 16.6. The maximum atomic E-state index is 12.6. The molecular weight excluding hydrogens is 350 g/mol. The van der Waals surface area contributed by atoms with E-state index < -0.39 is 5.60 Å². The Balaban J connectivity index is 1.41. The monoisotopic (exact) mass is 379 g/mol. The SMILES string of the molecule is CC1CCC(O)(CN(C)C(=O)OCC2c3ccccc3-c3ccccc32)CC1. The van der Waals surface area contributed by atoms with E-state index in [0.29, 0.717) is 19.1 Å². The van der Waals surface area contributed by atoms with Crippen LogP contribution in [-0.2, 0) is 4.74 Å². The van der Waals surface area contributed by atoms with Gasteiger partial charge in [0, 0.05) is 13.0 Å². The molecule has 2 aliphatic rings. The molecule has 4 heteroatoms. The van der Waals surface area contributed by atoms with Crippen LogP contribution in [0.3, 0.4) is 0 Å². The van der Waals surface area contributed by atoms with E-state index in [9.17, 15) is 9.90 Å². The number of likely N-dealkylation sites (N-methyl/N-ethyl adjacent to an activating group) is 1. The first-order valence-electron chi connectivity index (χ1n) is 10.3. The van der Waals surface area contributed by atoms with Gasteiger partial charge in [0.05, 0.1) is 12.1 Å². The van der Waals surface area contributed by atoms with Crippen molar-refractivity contribution in [2.75, 3.05) is 20.2 Å². The summed E-state index contributed by atoms with van der Waals surface area (Å²) in [5, 5.41) is 10.8. The molecule has 28 heavy (non-hydrogen) atoms. The number of carbonyl (C=O) groups excluding carboxylic acids is 1. The normalized spacial score (nSPS) is 23.8. The summed E-state index contributed by atoms with van der Waals surface area (Å²) in [6.45, 7) is 2.86. The standard InChI is InChI=1S/C24H29NO3/c1-17-11-13-24(27,14-12-17)16-25(2)23(26)28-15-22-20-9-5-3-7-18(20)19-8-4-6-10-21(19)22/h3-10,17,22,27H,11-16H2,1-2H3. The molecule has 0 bridgehead atoms. The van der Waals surface area contributed by atoms with Crippen LogP contribution in [0.15, 0.2) is 48.5 Å². The zero-order chi connectivity index (χ0) is 19.7. The van der Waals surface area contributed by atoms with E-state index in [4.69, 9.17) is 4.74 Å². The molecule has 0 atom stereocenters. The second-order valence-electron chi connectivity index (χ2n) is 8.57. The van der Waals surface area contributed by atoms with Gasteiger partial charge < -0.3 is 14.7 Å². The lowest BCUT2D eigenvalue weighted by molar-refractivity contribution is -0.0296. The molecule has 2 aromatic rings.